The van der Waals surface area contributed by atoms with Crippen LogP contribution in [0.4, 0.5) is 0 Å². The SMILES string of the molecule is NCCCC[C@H](N)C(=O)OC(=O)C[C@H](N)C(=O)O. The summed E-state index contributed by atoms with van der Waals surface area (Å²) in [4.78, 5) is 32.8. The van der Waals surface area contributed by atoms with Crippen molar-refractivity contribution in [1.82, 2.24) is 0 Å². The van der Waals surface area contributed by atoms with Crippen LogP contribution >= 0.6 is 0 Å². The maximum Gasteiger partial charge on any atom is 0.330 e. The number of hydrogen-bond acceptors (Lipinski definition) is 7. The van der Waals surface area contributed by atoms with E-state index in [9.17, 15) is 14.4 Å². The lowest BCUT2D eigenvalue weighted by atomic mass is 10.1. The highest BCUT2D eigenvalue weighted by atomic mass is 16.6. The summed E-state index contributed by atoms with van der Waals surface area (Å²) in [6, 6.07) is -2.31. The lowest BCUT2D eigenvalue weighted by Gasteiger charge is -2.10. The maximum absolute atomic E-state index is 11.3. The van der Waals surface area contributed by atoms with Gasteiger partial charge in [-0.05, 0) is 19.4 Å². The van der Waals surface area contributed by atoms with Gasteiger partial charge in [-0.25, -0.2) is 4.79 Å². The Balaban J connectivity index is 3.99. The number of ether oxygens (including phenoxy) is 1. The van der Waals surface area contributed by atoms with Crippen molar-refractivity contribution in [2.45, 2.75) is 37.8 Å². The Bertz CT molecular complexity index is 308. The minimum atomic E-state index is -1.39. The standard InChI is InChI=1S/C10H19N3O5/c11-4-2-1-3-6(12)10(17)18-8(14)5-7(13)9(15)16/h6-7H,1-5,11-13H2,(H,15,16)/t6-,7-/m0/s1. The van der Waals surface area contributed by atoms with Crippen LogP contribution in [0.2, 0.25) is 0 Å². The second kappa shape index (κ2) is 8.56. The molecule has 8 nitrogen and oxygen atoms in total. The zero-order valence-corrected chi connectivity index (χ0v) is 10.0. The van der Waals surface area contributed by atoms with Gasteiger partial charge in [0.15, 0.2) is 0 Å². The molecule has 0 heterocycles. The van der Waals surface area contributed by atoms with Crippen molar-refractivity contribution in [3.63, 3.8) is 0 Å². The molecule has 0 aromatic rings. The molecule has 0 unspecified atom stereocenters. The van der Waals surface area contributed by atoms with Gasteiger partial charge in [0, 0.05) is 0 Å². The lowest BCUT2D eigenvalue weighted by molar-refractivity contribution is -0.162. The minimum absolute atomic E-state index is 0.355. The highest BCUT2D eigenvalue weighted by molar-refractivity contribution is 5.90. The molecule has 0 saturated carbocycles. The van der Waals surface area contributed by atoms with E-state index in [1.165, 1.54) is 0 Å². The van der Waals surface area contributed by atoms with Gasteiger partial charge in [0.2, 0.25) is 0 Å². The van der Waals surface area contributed by atoms with E-state index in [4.69, 9.17) is 22.3 Å². The fourth-order valence-electron chi connectivity index (χ4n) is 1.12. The predicted molar refractivity (Wildman–Crippen MR) is 62.2 cm³/mol. The third kappa shape index (κ3) is 6.94. The monoisotopic (exact) mass is 261 g/mol. The Hall–Kier alpha value is -1.51. The number of esters is 2. The average molecular weight is 261 g/mol. The van der Waals surface area contributed by atoms with Gasteiger partial charge >= 0.3 is 17.9 Å². The van der Waals surface area contributed by atoms with E-state index in [1.54, 1.807) is 0 Å². The molecule has 0 aromatic carbocycles. The van der Waals surface area contributed by atoms with Gasteiger partial charge in [0.25, 0.3) is 0 Å². The first-order valence-electron chi connectivity index (χ1n) is 5.57. The van der Waals surface area contributed by atoms with E-state index in [0.717, 1.165) is 6.42 Å². The molecule has 0 saturated heterocycles. The molecule has 104 valence electrons. The van der Waals surface area contributed by atoms with Crippen molar-refractivity contribution < 1.29 is 24.2 Å². The third-order valence-electron chi connectivity index (χ3n) is 2.19. The maximum atomic E-state index is 11.3. The highest BCUT2D eigenvalue weighted by Gasteiger charge is 2.22. The largest absolute Gasteiger partial charge is 0.480 e. The molecule has 18 heavy (non-hydrogen) atoms. The molecule has 0 aliphatic heterocycles. The number of hydrogen-bond donors (Lipinski definition) is 4. The normalized spacial score (nSPS) is 13.7. The summed E-state index contributed by atoms with van der Waals surface area (Å²) in [6.45, 7) is 0.494. The van der Waals surface area contributed by atoms with Gasteiger partial charge in [0.05, 0.1) is 6.42 Å². The van der Waals surface area contributed by atoms with Crippen molar-refractivity contribution in [2.24, 2.45) is 17.2 Å². The van der Waals surface area contributed by atoms with Crippen LogP contribution in [0.3, 0.4) is 0 Å². The first-order chi connectivity index (χ1) is 8.38. The molecule has 0 bridgehead atoms. The molecule has 2 atom stereocenters. The molecule has 0 rings (SSSR count). The fraction of sp³-hybridized carbons (Fsp3) is 0.700. The Labute approximate surface area is 104 Å². The number of unbranched alkanes of at least 4 members (excludes halogenated alkanes) is 1. The molecule has 7 N–H and O–H groups in total. The van der Waals surface area contributed by atoms with Gasteiger partial charge < -0.3 is 27.0 Å². The predicted octanol–water partition coefficient (Wildman–Crippen LogP) is -1.69. The van der Waals surface area contributed by atoms with Crippen LogP contribution in [-0.2, 0) is 19.1 Å². The van der Waals surface area contributed by atoms with Crippen LogP contribution in [0.25, 0.3) is 0 Å². The van der Waals surface area contributed by atoms with Crippen LogP contribution in [0.1, 0.15) is 25.7 Å². The molecule has 0 radical (unpaired) electrons. The molecule has 0 aromatic heterocycles. The van der Waals surface area contributed by atoms with Crippen molar-refractivity contribution >= 4 is 17.9 Å². The lowest BCUT2D eigenvalue weighted by Crippen LogP contribution is -2.37. The summed E-state index contributed by atoms with van der Waals surface area (Å²) in [5.41, 5.74) is 15.9. The number of carboxylic acids is 1. The topological polar surface area (TPSA) is 159 Å². The van der Waals surface area contributed by atoms with Crippen LogP contribution in [-0.4, -0.2) is 41.6 Å². The van der Waals surface area contributed by atoms with E-state index < -0.39 is 36.4 Å². The average Bonchev–Trinajstić information content (AvgIpc) is 2.28. The van der Waals surface area contributed by atoms with Gasteiger partial charge in [-0.1, -0.05) is 6.42 Å². The number of rotatable bonds is 8. The van der Waals surface area contributed by atoms with Gasteiger partial charge in [-0.15, -0.1) is 0 Å². The first kappa shape index (κ1) is 16.5. The number of carbonyl (C=O) groups excluding carboxylic acids is 2. The van der Waals surface area contributed by atoms with Crippen LogP contribution in [0, 0.1) is 0 Å². The summed E-state index contributed by atoms with van der Waals surface area (Å²) < 4.78 is 4.39. The van der Waals surface area contributed by atoms with Gasteiger partial charge in [-0.2, -0.15) is 0 Å². The van der Waals surface area contributed by atoms with Crippen LogP contribution in [0.15, 0.2) is 0 Å². The zero-order chi connectivity index (χ0) is 14.1. The third-order valence-corrected chi connectivity index (χ3v) is 2.19. The first-order valence-corrected chi connectivity index (χ1v) is 5.57. The van der Waals surface area contributed by atoms with E-state index in [1.807, 2.05) is 0 Å². The second-order valence-electron chi connectivity index (χ2n) is 3.83. The smallest absolute Gasteiger partial charge is 0.330 e. The van der Waals surface area contributed by atoms with Gasteiger partial charge in [0.1, 0.15) is 12.1 Å². The minimum Gasteiger partial charge on any atom is -0.480 e. The Morgan fingerprint density at radius 1 is 1.11 bits per heavy atom. The molecule has 0 aliphatic rings. The zero-order valence-electron chi connectivity index (χ0n) is 10.0. The van der Waals surface area contributed by atoms with Crippen molar-refractivity contribution in [3.05, 3.63) is 0 Å². The van der Waals surface area contributed by atoms with E-state index in [-0.39, 0.29) is 0 Å². The Kier molecular flexibility index (Phi) is 7.84. The van der Waals surface area contributed by atoms with Crippen LogP contribution in [0.5, 0.6) is 0 Å². The van der Waals surface area contributed by atoms with Crippen molar-refractivity contribution in [3.8, 4) is 0 Å². The fourth-order valence-corrected chi connectivity index (χ4v) is 1.12. The van der Waals surface area contributed by atoms with Crippen molar-refractivity contribution in [2.75, 3.05) is 6.54 Å². The molecular weight excluding hydrogens is 242 g/mol. The molecule has 0 fully saturated rings. The summed E-state index contributed by atoms with van der Waals surface area (Å²) in [6.07, 6.45) is 1.15. The summed E-state index contributed by atoms with van der Waals surface area (Å²) in [5, 5.41) is 8.46. The van der Waals surface area contributed by atoms with Gasteiger partial charge in [-0.3, -0.25) is 9.59 Å². The molecule has 0 amide bonds. The van der Waals surface area contributed by atoms with E-state index in [0.29, 0.717) is 19.4 Å². The number of nitrogens with two attached hydrogens (primary N) is 3. The van der Waals surface area contributed by atoms with Crippen molar-refractivity contribution in [1.29, 1.82) is 0 Å². The molecular formula is C10H19N3O5. The van der Waals surface area contributed by atoms with E-state index >= 15 is 0 Å². The number of carboxylic acid groups (broad SMARTS) is 1. The summed E-state index contributed by atoms with van der Waals surface area (Å²) in [5.74, 6) is -3.22. The Morgan fingerprint density at radius 2 is 1.72 bits per heavy atom. The highest BCUT2D eigenvalue weighted by Crippen LogP contribution is 2.01. The quantitative estimate of drug-likeness (QED) is 0.229. The Morgan fingerprint density at radius 3 is 2.22 bits per heavy atom. The van der Waals surface area contributed by atoms with Crippen LogP contribution < -0.4 is 17.2 Å². The molecule has 0 aliphatic carbocycles. The molecule has 0 spiro atoms. The second-order valence-corrected chi connectivity index (χ2v) is 3.83. The summed E-state index contributed by atoms with van der Waals surface area (Å²) >= 11 is 0. The number of carbonyl (C=O) groups is 3. The molecule has 8 heteroatoms. The number of aliphatic carboxylic acids is 1. The summed E-state index contributed by atoms with van der Waals surface area (Å²) in [7, 11) is 0. The van der Waals surface area contributed by atoms with E-state index in [2.05, 4.69) is 4.74 Å².